The Labute approximate surface area is 187 Å². The van der Waals surface area contributed by atoms with Gasteiger partial charge in [0.1, 0.15) is 5.82 Å². The van der Waals surface area contributed by atoms with Crippen LogP contribution in [0, 0.1) is 25.2 Å². The van der Waals surface area contributed by atoms with Crippen LogP contribution in [0.3, 0.4) is 0 Å². The van der Waals surface area contributed by atoms with Gasteiger partial charge < -0.3 is 5.32 Å². The maximum absolute atomic E-state index is 12.9. The topological polar surface area (TPSA) is 78.9 Å². The van der Waals surface area contributed by atoms with Crippen LogP contribution in [0.1, 0.15) is 47.0 Å². The van der Waals surface area contributed by atoms with E-state index in [0.717, 1.165) is 53.4 Å². The minimum atomic E-state index is -4.40. The van der Waals surface area contributed by atoms with Crippen LogP contribution in [-0.4, -0.2) is 19.4 Å². The highest BCUT2D eigenvalue weighted by atomic mass is 19.4. The number of aryl methyl sites for hydroxylation is 2. The molecule has 33 heavy (non-hydrogen) atoms. The molecular formula is C24H19F3N6. The highest BCUT2D eigenvalue weighted by molar-refractivity contribution is 5.70. The fraction of sp³-hybridized carbons (Fsp3) is 0.250. The third-order valence-electron chi connectivity index (χ3n) is 5.57. The zero-order valence-corrected chi connectivity index (χ0v) is 17.9. The summed E-state index contributed by atoms with van der Waals surface area (Å²) in [5.41, 5.74) is 4.79. The molecule has 1 N–H and O–H groups in total. The number of fused-ring (bicyclic) bond motifs is 1. The average molecular weight is 448 g/mol. The molecule has 0 aliphatic heterocycles. The van der Waals surface area contributed by atoms with Gasteiger partial charge in [0.15, 0.2) is 5.65 Å². The summed E-state index contributed by atoms with van der Waals surface area (Å²) in [5, 5.41) is 12.6. The number of nitriles is 1. The quantitative estimate of drug-likeness (QED) is 0.419. The van der Waals surface area contributed by atoms with E-state index in [2.05, 4.69) is 16.4 Å². The fourth-order valence-corrected chi connectivity index (χ4v) is 3.93. The molecule has 0 bridgehead atoms. The van der Waals surface area contributed by atoms with E-state index in [4.69, 9.17) is 9.97 Å². The maximum Gasteiger partial charge on any atom is 0.416 e. The molecular weight excluding hydrogens is 429 g/mol. The SMILES string of the molecule is Cc1cn2c(-c3cc(C#N)cc(Nc4ccc(C(F)(F)F)cc4)n3)c(C3CC3)nc2c(C)n1. The molecule has 9 heteroatoms. The number of hydrogen-bond donors (Lipinski definition) is 1. The average Bonchev–Trinajstić information content (AvgIpc) is 3.53. The lowest BCUT2D eigenvalue weighted by Crippen LogP contribution is -2.05. The number of hydrogen-bond acceptors (Lipinski definition) is 5. The van der Waals surface area contributed by atoms with Crippen molar-refractivity contribution in [1.82, 2.24) is 19.4 Å². The van der Waals surface area contributed by atoms with Crippen LogP contribution in [0.15, 0.2) is 42.6 Å². The number of nitrogens with zero attached hydrogens (tertiary/aromatic N) is 5. The van der Waals surface area contributed by atoms with Crippen molar-refractivity contribution >= 4 is 17.2 Å². The van der Waals surface area contributed by atoms with E-state index >= 15 is 0 Å². The standard InChI is InChI=1S/C24H19F3N6/c1-13-12-33-22(21(16-3-4-16)32-23(33)14(2)29-13)19-9-15(11-28)10-20(31-19)30-18-7-5-17(6-8-18)24(25,26)27/h5-10,12,16H,3-4H2,1-2H3,(H,30,31). The van der Waals surface area contributed by atoms with Crippen molar-refractivity contribution < 1.29 is 13.2 Å². The van der Waals surface area contributed by atoms with E-state index in [9.17, 15) is 18.4 Å². The summed E-state index contributed by atoms with van der Waals surface area (Å²) in [6.07, 6.45) is -0.424. The second-order valence-corrected chi connectivity index (χ2v) is 8.22. The zero-order valence-electron chi connectivity index (χ0n) is 17.9. The largest absolute Gasteiger partial charge is 0.416 e. The van der Waals surface area contributed by atoms with Gasteiger partial charge in [-0.25, -0.2) is 9.97 Å². The number of nitrogens with one attached hydrogen (secondary N) is 1. The van der Waals surface area contributed by atoms with Crippen molar-refractivity contribution in [3.63, 3.8) is 0 Å². The summed E-state index contributed by atoms with van der Waals surface area (Å²) >= 11 is 0. The lowest BCUT2D eigenvalue weighted by Gasteiger charge is -2.11. The molecule has 1 aliphatic rings. The first-order valence-electron chi connectivity index (χ1n) is 10.5. The predicted octanol–water partition coefficient (Wildman–Crippen LogP) is 5.92. The summed E-state index contributed by atoms with van der Waals surface area (Å²) in [4.78, 5) is 14.1. The van der Waals surface area contributed by atoms with Gasteiger partial charge in [-0.3, -0.25) is 9.38 Å². The number of anilines is 2. The molecule has 5 rings (SSSR count). The molecule has 0 spiro atoms. The Bertz CT molecular complexity index is 1410. The predicted molar refractivity (Wildman–Crippen MR) is 117 cm³/mol. The van der Waals surface area contributed by atoms with Gasteiger partial charge in [-0.05, 0) is 63.1 Å². The number of imidazole rings is 1. The van der Waals surface area contributed by atoms with Crippen molar-refractivity contribution in [2.75, 3.05) is 5.32 Å². The van der Waals surface area contributed by atoms with Crippen LogP contribution >= 0.6 is 0 Å². The zero-order chi connectivity index (χ0) is 23.3. The van der Waals surface area contributed by atoms with Gasteiger partial charge in [0.2, 0.25) is 0 Å². The number of alkyl halides is 3. The highest BCUT2D eigenvalue weighted by Gasteiger charge is 2.32. The van der Waals surface area contributed by atoms with Crippen molar-refractivity contribution in [3.05, 3.63) is 70.8 Å². The first kappa shape index (κ1) is 20.9. The first-order chi connectivity index (χ1) is 15.7. The van der Waals surface area contributed by atoms with Gasteiger partial charge in [-0.1, -0.05) is 0 Å². The fourth-order valence-electron chi connectivity index (χ4n) is 3.93. The Morgan fingerprint density at radius 1 is 1.06 bits per heavy atom. The van der Waals surface area contributed by atoms with Gasteiger partial charge in [-0.15, -0.1) is 0 Å². The Kier molecular flexibility index (Phi) is 4.81. The normalized spacial score (nSPS) is 13.8. The molecule has 1 fully saturated rings. The second kappa shape index (κ2) is 7.59. The van der Waals surface area contributed by atoms with E-state index < -0.39 is 11.7 Å². The first-order valence-corrected chi connectivity index (χ1v) is 10.5. The summed E-state index contributed by atoms with van der Waals surface area (Å²) in [6, 6.07) is 10.1. The number of rotatable bonds is 4. The van der Waals surface area contributed by atoms with Crippen LogP contribution in [-0.2, 0) is 6.18 Å². The van der Waals surface area contributed by atoms with Gasteiger partial charge in [0.05, 0.1) is 45.7 Å². The van der Waals surface area contributed by atoms with Crippen molar-refractivity contribution in [2.24, 2.45) is 0 Å². The molecule has 0 saturated heterocycles. The third-order valence-corrected chi connectivity index (χ3v) is 5.57. The van der Waals surface area contributed by atoms with E-state index in [1.807, 2.05) is 24.4 Å². The summed E-state index contributed by atoms with van der Waals surface area (Å²) in [5.74, 6) is 0.696. The van der Waals surface area contributed by atoms with Crippen LogP contribution in [0.4, 0.5) is 24.7 Å². The molecule has 3 aromatic heterocycles. The Hall–Kier alpha value is -3.93. The number of halogens is 3. The summed E-state index contributed by atoms with van der Waals surface area (Å²) in [7, 11) is 0. The van der Waals surface area contributed by atoms with Crippen LogP contribution in [0.2, 0.25) is 0 Å². The van der Waals surface area contributed by atoms with Gasteiger partial charge in [-0.2, -0.15) is 18.4 Å². The second-order valence-electron chi connectivity index (χ2n) is 8.22. The smallest absolute Gasteiger partial charge is 0.340 e. The molecule has 1 saturated carbocycles. The molecule has 3 heterocycles. The molecule has 0 atom stereocenters. The molecule has 0 radical (unpaired) electrons. The number of pyridine rings is 1. The van der Waals surface area contributed by atoms with E-state index in [-0.39, 0.29) is 0 Å². The maximum atomic E-state index is 12.9. The molecule has 6 nitrogen and oxygen atoms in total. The van der Waals surface area contributed by atoms with E-state index in [0.29, 0.717) is 28.7 Å². The molecule has 0 unspecified atom stereocenters. The van der Waals surface area contributed by atoms with Crippen molar-refractivity contribution in [3.8, 4) is 17.5 Å². The van der Waals surface area contributed by atoms with Crippen LogP contribution < -0.4 is 5.32 Å². The van der Waals surface area contributed by atoms with E-state index in [1.165, 1.54) is 12.1 Å². The van der Waals surface area contributed by atoms with Crippen LogP contribution in [0.25, 0.3) is 17.0 Å². The highest BCUT2D eigenvalue weighted by Crippen LogP contribution is 2.44. The Balaban J connectivity index is 1.61. The van der Waals surface area contributed by atoms with E-state index in [1.54, 1.807) is 12.1 Å². The minimum absolute atomic E-state index is 0.332. The van der Waals surface area contributed by atoms with Crippen molar-refractivity contribution in [1.29, 1.82) is 5.26 Å². The summed E-state index contributed by atoms with van der Waals surface area (Å²) < 4.78 is 40.6. The monoisotopic (exact) mass is 448 g/mol. The molecule has 166 valence electrons. The Morgan fingerprint density at radius 3 is 2.42 bits per heavy atom. The van der Waals surface area contributed by atoms with Crippen LogP contribution in [0.5, 0.6) is 0 Å². The molecule has 1 aliphatic carbocycles. The Morgan fingerprint density at radius 2 is 1.79 bits per heavy atom. The summed E-state index contributed by atoms with van der Waals surface area (Å²) in [6.45, 7) is 3.82. The minimum Gasteiger partial charge on any atom is -0.340 e. The number of benzene rings is 1. The molecule has 4 aromatic rings. The molecule has 0 amide bonds. The molecule has 1 aromatic carbocycles. The third kappa shape index (κ3) is 4.00. The van der Waals surface area contributed by atoms with Gasteiger partial charge in [0, 0.05) is 17.8 Å². The lowest BCUT2D eigenvalue weighted by atomic mass is 10.1. The van der Waals surface area contributed by atoms with Gasteiger partial charge in [0.25, 0.3) is 0 Å². The number of aromatic nitrogens is 4. The lowest BCUT2D eigenvalue weighted by molar-refractivity contribution is -0.137. The van der Waals surface area contributed by atoms with Crippen molar-refractivity contribution in [2.45, 2.75) is 38.8 Å². The van der Waals surface area contributed by atoms with Gasteiger partial charge >= 0.3 is 6.18 Å².